The summed E-state index contributed by atoms with van der Waals surface area (Å²) in [4.78, 5) is 32.0. The number of fused-ring (bicyclic) bond motifs is 1. The molecule has 0 spiro atoms. The zero-order chi connectivity index (χ0) is 27.6. The van der Waals surface area contributed by atoms with Crippen LogP contribution in [0.2, 0.25) is 0 Å². The van der Waals surface area contributed by atoms with Gasteiger partial charge in [0.1, 0.15) is 23.1 Å². The molecule has 1 unspecified atom stereocenters. The number of benzene rings is 2. The zero-order valence-corrected chi connectivity index (χ0v) is 22.3. The fourth-order valence-electron chi connectivity index (χ4n) is 4.55. The lowest BCUT2D eigenvalue weighted by Gasteiger charge is -2.22. The number of aryl methyl sites for hydroxylation is 1. The fraction of sp³-hybridized carbons (Fsp3) is 0.379. The van der Waals surface area contributed by atoms with E-state index < -0.39 is 6.04 Å². The second-order valence-electron chi connectivity index (χ2n) is 9.40. The number of hydrogen-bond donors (Lipinski definition) is 3. The van der Waals surface area contributed by atoms with Crippen LogP contribution in [0.25, 0.3) is 11.0 Å². The summed E-state index contributed by atoms with van der Waals surface area (Å²) in [5.41, 5.74) is 2.55. The number of carbonyl (C=O) groups excluding carboxylic acids is 2. The van der Waals surface area contributed by atoms with Crippen molar-refractivity contribution in [2.75, 3.05) is 31.6 Å². The number of nitrogens with one attached hydrogen (secondary N) is 3. The van der Waals surface area contributed by atoms with Crippen LogP contribution in [0.5, 0.6) is 5.75 Å². The number of nitrogens with zero attached hydrogens (tertiary/aromatic N) is 3. The molecule has 0 saturated carbocycles. The highest BCUT2D eigenvalue weighted by atomic mass is 16.5. The van der Waals surface area contributed by atoms with Crippen molar-refractivity contribution in [3.63, 3.8) is 0 Å². The molecule has 2 amide bonds. The molecule has 1 saturated heterocycles. The molecule has 1 atom stereocenters. The van der Waals surface area contributed by atoms with Gasteiger partial charge in [0.05, 0.1) is 13.2 Å². The van der Waals surface area contributed by atoms with Crippen molar-refractivity contribution >= 4 is 34.4 Å². The van der Waals surface area contributed by atoms with Gasteiger partial charge in [-0.1, -0.05) is 12.1 Å². The molecular weight excluding hydrogens is 496 g/mol. The van der Waals surface area contributed by atoms with Crippen molar-refractivity contribution in [3.05, 3.63) is 59.9 Å². The number of anilines is 1. The van der Waals surface area contributed by atoms with Gasteiger partial charge in [0.2, 0.25) is 17.8 Å². The van der Waals surface area contributed by atoms with Gasteiger partial charge in [-0.3, -0.25) is 14.9 Å². The maximum atomic E-state index is 13.3. The first kappa shape index (κ1) is 27.5. The molecule has 1 aromatic heterocycles. The Morgan fingerprint density at radius 3 is 2.79 bits per heavy atom. The topological polar surface area (TPSA) is 132 Å². The minimum atomic E-state index is -0.701. The third kappa shape index (κ3) is 7.74. The number of aliphatic imine (C=N–C) groups is 1. The number of amides is 2. The summed E-state index contributed by atoms with van der Waals surface area (Å²) < 4.78 is 11.1. The Balaban J connectivity index is 1.35. The van der Waals surface area contributed by atoms with Gasteiger partial charge in [-0.25, -0.2) is 4.99 Å². The van der Waals surface area contributed by atoms with E-state index in [1.54, 1.807) is 4.90 Å². The van der Waals surface area contributed by atoms with Crippen molar-refractivity contribution in [2.24, 2.45) is 4.99 Å². The molecule has 10 heteroatoms. The molecule has 3 aromatic rings. The SMILES string of the molecule is CCOc1ccc(CCNC(=O)CN2CCCCC(N=C(NC#N)Nc3ccc4oc(C)cc4c3)C2=O)cc1. The molecule has 1 aliphatic rings. The van der Waals surface area contributed by atoms with Crippen LogP contribution in [0.3, 0.4) is 0 Å². The standard InChI is InChI=1S/C29H34N6O4/c1-3-38-24-10-7-21(8-11-24)13-14-31-27(36)18-35-15-5-4-6-25(28(35)37)34-29(32-19-30)33-23-9-12-26-22(17-23)16-20(2)39-26/h7-12,16-17,25H,3-6,13-15,18H2,1-2H3,(H,31,36)(H2,32,33,34). The first-order chi connectivity index (χ1) is 18.9. The summed E-state index contributed by atoms with van der Waals surface area (Å²) in [6.07, 6.45) is 4.66. The highest BCUT2D eigenvalue weighted by molar-refractivity contribution is 5.98. The Kier molecular flexibility index (Phi) is 9.40. The van der Waals surface area contributed by atoms with Crippen LogP contribution in [0, 0.1) is 18.4 Å². The number of rotatable bonds is 9. The second-order valence-corrected chi connectivity index (χ2v) is 9.40. The van der Waals surface area contributed by atoms with Gasteiger partial charge in [-0.05, 0) is 81.5 Å². The van der Waals surface area contributed by atoms with E-state index in [0.29, 0.717) is 38.2 Å². The van der Waals surface area contributed by atoms with Crippen molar-refractivity contribution < 1.29 is 18.7 Å². The van der Waals surface area contributed by atoms with E-state index >= 15 is 0 Å². The van der Waals surface area contributed by atoms with E-state index in [4.69, 9.17) is 9.15 Å². The molecule has 2 heterocycles. The van der Waals surface area contributed by atoms with Crippen LogP contribution in [0.4, 0.5) is 5.69 Å². The van der Waals surface area contributed by atoms with Gasteiger partial charge in [0.25, 0.3) is 0 Å². The number of guanidine groups is 1. The maximum Gasteiger partial charge on any atom is 0.247 e. The van der Waals surface area contributed by atoms with E-state index in [0.717, 1.165) is 40.9 Å². The molecule has 204 valence electrons. The Morgan fingerprint density at radius 2 is 2.03 bits per heavy atom. The quantitative estimate of drug-likeness (QED) is 0.166. The summed E-state index contributed by atoms with van der Waals surface area (Å²) in [7, 11) is 0. The minimum Gasteiger partial charge on any atom is -0.494 e. The zero-order valence-electron chi connectivity index (χ0n) is 22.3. The molecule has 39 heavy (non-hydrogen) atoms. The predicted molar refractivity (Wildman–Crippen MR) is 149 cm³/mol. The van der Waals surface area contributed by atoms with E-state index in [-0.39, 0.29) is 24.3 Å². The van der Waals surface area contributed by atoms with Crippen molar-refractivity contribution in [1.29, 1.82) is 5.26 Å². The van der Waals surface area contributed by atoms with Gasteiger partial charge in [-0.2, -0.15) is 5.26 Å². The summed E-state index contributed by atoms with van der Waals surface area (Å²) in [6, 6.07) is 14.6. The average molecular weight is 531 g/mol. The first-order valence-corrected chi connectivity index (χ1v) is 13.2. The Morgan fingerprint density at radius 1 is 1.21 bits per heavy atom. The number of likely N-dealkylation sites (tertiary alicyclic amines) is 1. The van der Waals surface area contributed by atoms with Crippen molar-refractivity contribution in [1.82, 2.24) is 15.5 Å². The maximum absolute atomic E-state index is 13.3. The van der Waals surface area contributed by atoms with Crippen molar-refractivity contribution in [3.8, 4) is 11.9 Å². The molecule has 1 fully saturated rings. The van der Waals surface area contributed by atoms with E-state index in [2.05, 4.69) is 20.9 Å². The first-order valence-electron chi connectivity index (χ1n) is 13.2. The molecule has 0 radical (unpaired) electrons. The number of nitriles is 1. The molecule has 1 aliphatic heterocycles. The lowest BCUT2D eigenvalue weighted by molar-refractivity contribution is -0.136. The lowest BCUT2D eigenvalue weighted by atomic mass is 10.1. The molecule has 0 bridgehead atoms. The molecule has 10 nitrogen and oxygen atoms in total. The fourth-order valence-corrected chi connectivity index (χ4v) is 4.55. The molecular formula is C29H34N6O4. The van der Waals surface area contributed by atoms with Crippen LogP contribution in [0.1, 0.15) is 37.5 Å². The number of hydrogen-bond acceptors (Lipinski definition) is 6. The smallest absolute Gasteiger partial charge is 0.247 e. The predicted octanol–water partition coefficient (Wildman–Crippen LogP) is 3.72. The Labute approximate surface area is 228 Å². The lowest BCUT2D eigenvalue weighted by Crippen LogP contribution is -2.44. The Bertz CT molecular complexity index is 1360. The molecule has 3 N–H and O–H groups in total. The summed E-state index contributed by atoms with van der Waals surface area (Å²) in [5, 5.41) is 18.7. The van der Waals surface area contributed by atoms with Crippen LogP contribution in [-0.2, 0) is 16.0 Å². The van der Waals surface area contributed by atoms with Crippen molar-refractivity contribution in [2.45, 2.75) is 45.6 Å². The Hall–Kier alpha value is -4.52. The minimum absolute atomic E-state index is 0.0287. The van der Waals surface area contributed by atoms with Crippen LogP contribution in [-0.4, -0.2) is 55.0 Å². The average Bonchev–Trinajstić information content (AvgIpc) is 3.21. The van der Waals surface area contributed by atoms with E-state index in [1.165, 1.54) is 0 Å². The number of ether oxygens (including phenoxy) is 1. The largest absolute Gasteiger partial charge is 0.494 e. The van der Waals surface area contributed by atoms with Gasteiger partial charge in [0.15, 0.2) is 6.19 Å². The van der Waals surface area contributed by atoms with E-state index in [1.807, 2.05) is 68.6 Å². The third-order valence-corrected chi connectivity index (χ3v) is 6.42. The van der Waals surface area contributed by atoms with Crippen LogP contribution < -0.4 is 20.7 Å². The third-order valence-electron chi connectivity index (χ3n) is 6.42. The molecule has 2 aromatic carbocycles. The normalized spacial score (nSPS) is 15.9. The van der Waals surface area contributed by atoms with Gasteiger partial charge >= 0.3 is 0 Å². The monoisotopic (exact) mass is 530 g/mol. The molecule has 4 rings (SSSR count). The summed E-state index contributed by atoms with van der Waals surface area (Å²) >= 11 is 0. The number of carbonyl (C=O) groups is 2. The van der Waals surface area contributed by atoms with Crippen LogP contribution >= 0.6 is 0 Å². The molecule has 0 aliphatic carbocycles. The van der Waals surface area contributed by atoms with E-state index in [9.17, 15) is 14.9 Å². The van der Waals surface area contributed by atoms with Gasteiger partial charge in [-0.15, -0.1) is 0 Å². The van der Waals surface area contributed by atoms with Gasteiger partial charge in [0, 0.05) is 24.2 Å². The second kappa shape index (κ2) is 13.3. The number of furan rings is 1. The summed E-state index contributed by atoms with van der Waals surface area (Å²) in [6.45, 7) is 5.36. The highest BCUT2D eigenvalue weighted by Gasteiger charge is 2.28. The van der Waals surface area contributed by atoms with Gasteiger partial charge < -0.3 is 24.7 Å². The van der Waals surface area contributed by atoms with Crippen LogP contribution in [0.15, 0.2) is 57.9 Å². The summed E-state index contributed by atoms with van der Waals surface area (Å²) in [5.74, 6) is 1.36. The highest BCUT2D eigenvalue weighted by Crippen LogP contribution is 2.23.